The number of rotatable bonds is 4. The minimum Gasteiger partial charge on any atom is -1.00 e. The van der Waals surface area contributed by atoms with E-state index in [1.807, 2.05) is 0 Å². The monoisotopic (exact) mass is 438 g/mol. The second-order valence-corrected chi connectivity index (χ2v) is 8.38. The van der Waals surface area contributed by atoms with Crippen LogP contribution < -0.4 is 14.7 Å². The Morgan fingerprint density at radius 1 is 1.04 bits per heavy atom. The largest absolute Gasteiger partial charge is 4.00 e. The molecular weight excluding hydrogens is 412 g/mol. The minimum absolute atomic E-state index is 0. The molecule has 0 aliphatic rings. The molecule has 0 amide bonds. The first-order valence-corrected chi connectivity index (χ1v) is 10.4. The predicted molar refractivity (Wildman–Crippen MR) is 103 cm³/mol. The van der Waals surface area contributed by atoms with Crippen LogP contribution in [-0.2, 0) is 32.6 Å². The molecule has 0 saturated carbocycles. The third-order valence-electron chi connectivity index (χ3n) is 4.07. The normalized spacial score (nSPS) is 9.48. The van der Waals surface area contributed by atoms with Gasteiger partial charge in [-0.2, -0.15) is 23.3 Å². The van der Waals surface area contributed by atoms with Crippen molar-refractivity contribution in [2.45, 2.75) is 33.1 Å². The van der Waals surface area contributed by atoms with E-state index < -0.39 is 0 Å². The van der Waals surface area contributed by atoms with E-state index in [4.69, 9.17) is 0 Å². The Kier molecular flexibility index (Phi) is 14.4. The van der Waals surface area contributed by atoms with Gasteiger partial charge in [0.2, 0.25) is 0 Å². The molecule has 0 saturated heterocycles. The summed E-state index contributed by atoms with van der Waals surface area (Å²) >= 11 is 0. The fraction of sp³-hybridized carbons (Fsp3) is 0.333. The van der Waals surface area contributed by atoms with Gasteiger partial charge in [0.1, 0.15) is 0 Å². The number of aryl methyl sites for hydroxylation is 2. The Morgan fingerprint density at radius 2 is 1.72 bits per heavy atom. The summed E-state index contributed by atoms with van der Waals surface area (Å²) in [5.41, 5.74) is 2.98. The van der Waals surface area contributed by atoms with E-state index >= 15 is 0 Å². The summed E-state index contributed by atoms with van der Waals surface area (Å²) in [7, 11) is 0.0576. The number of halogens is 2. The van der Waals surface area contributed by atoms with Gasteiger partial charge in [0.15, 0.2) is 0 Å². The van der Waals surface area contributed by atoms with E-state index in [1.165, 1.54) is 46.5 Å². The molecule has 0 spiro atoms. The molecule has 0 heterocycles. The van der Waals surface area contributed by atoms with Crippen molar-refractivity contribution >= 4 is 24.0 Å². The molecule has 3 aromatic carbocycles. The van der Waals surface area contributed by atoms with Crippen LogP contribution in [0, 0.1) is 6.92 Å². The van der Waals surface area contributed by atoms with Crippen molar-refractivity contribution in [3.8, 4) is 0 Å². The summed E-state index contributed by atoms with van der Waals surface area (Å²) in [5, 5.41) is 4.26. The number of fused-ring (bicyclic) bond motifs is 1. The van der Waals surface area contributed by atoms with Crippen LogP contribution in [0.3, 0.4) is 0 Å². The molecule has 0 aromatic heterocycles. The van der Waals surface area contributed by atoms with Crippen LogP contribution in [0.2, 0.25) is 0 Å². The van der Waals surface area contributed by atoms with Gasteiger partial charge in [-0.1, -0.05) is 39.2 Å². The van der Waals surface area contributed by atoms with Gasteiger partial charge < -0.3 is 9.41 Å². The van der Waals surface area contributed by atoms with Crippen molar-refractivity contribution < 1.29 is 35.6 Å². The van der Waals surface area contributed by atoms with Crippen LogP contribution in [0.25, 0.3) is 10.8 Å². The molecule has 0 nitrogen and oxygen atoms in total. The van der Waals surface area contributed by atoms with Crippen molar-refractivity contribution in [3.05, 3.63) is 65.7 Å². The van der Waals surface area contributed by atoms with Crippen LogP contribution in [0.5, 0.6) is 0 Å². The van der Waals surface area contributed by atoms with Gasteiger partial charge in [-0.15, -0.1) is 48.3 Å². The van der Waals surface area contributed by atoms with E-state index in [9.17, 15) is 0 Å². The van der Waals surface area contributed by atoms with E-state index in [1.54, 1.807) is 0 Å². The molecule has 134 valence electrons. The molecule has 3 aromatic rings. The second-order valence-electron chi connectivity index (χ2n) is 6.07. The third kappa shape index (κ3) is 8.06. The van der Waals surface area contributed by atoms with Gasteiger partial charge in [-0.3, -0.25) is 0 Å². The minimum atomic E-state index is 0. The maximum absolute atomic E-state index is 2.31. The molecule has 0 unspecified atom stereocenters. The van der Waals surface area contributed by atoms with Crippen LogP contribution in [0.1, 0.15) is 30.9 Å². The summed E-state index contributed by atoms with van der Waals surface area (Å²) < 4.78 is 0. The van der Waals surface area contributed by atoms with Crippen LogP contribution in [0.15, 0.2) is 54.6 Å². The molecule has 4 heteroatoms. The van der Waals surface area contributed by atoms with Gasteiger partial charge in [-0.25, -0.2) is 12.1 Å². The summed E-state index contributed by atoms with van der Waals surface area (Å²) in [6.45, 7) is 9.01. The number of benzene rings is 1. The maximum Gasteiger partial charge on any atom is 4.00 e. The van der Waals surface area contributed by atoms with Crippen molar-refractivity contribution in [3.63, 3.8) is 0 Å². The molecule has 0 fully saturated rings. The number of unbranched alkanes of at least 4 members (excludes halogenated alkanes) is 1. The quantitative estimate of drug-likeness (QED) is 0.396. The summed E-state index contributed by atoms with van der Waals surface area (Å²) in [4.78, 5) is 0. The van der Waals surface area contributed by atoms with Crippen LogP contribution in [-0.4, -0.2) is 13.3 Å². The van der Waals surface area contributed by atoms with Crippen molar-refractivity contribution in [1.82, 2.24) is 0 Å². The summed E-state index contributed by atoms with van der Waals surface area (Å²) in [6, 6.07) is 19.7. The zero-order chi connectivity index (χ0) is 15.9. The molecule has 0 atom stereocenters. The van der Waals surface area contributed by atoms with E-state index in [2.05, 4.69) is 81.8 Å². The fourth-order valence-electron chi connectivity index (χ4n) is 2.59. The number of hydrogen-bond acceptors (Lipinski definition) is 0. The topological polar surface area (TPSA) is 0 Å². The molecule has 0 radical (unpaired) electrons. The van der Waals surface area contributed by atoms with Gasteiger partial charge in [0, 0.05) is 0 Å². The fourth-order valence-corrected chi connectivity index (χ4v) is 3.38. The summed E-state index contributed by atoms with van der Waals surface area (Å²) in [5.74, 6) is 0. The van der Waals surface area contributed by atoms with Gasteiger partial charge in [0.05, 0.1) is 0 Å². The van der Waals surface area contributed by atoms with Crippen molar-refractivity contribution in [2.24, 2.45) is 0 Å². The van der Waals surface area contributed by atoms with Gasteiger partial charge in [-0.05, 0) is 13.3 Å². The molecule has 25 heavy (non-hydrogen) atoms. The first kappa shape index (κ1) is 26.6. The van der Waals surface area contributed by atoms with Crippen molar-refractivity contribution in [1.29, 1.82) is 0 Å². The standard InChI is InChI=1S/C11H12P.C10H15.2FH.Zr/c1-12(2)11-7-9-5-3-4-6-10(9)8-11;1-3-4-7-10-8-5-6-9(10)2;;;/h3-8H,1-2H3;5-6,8H,3-4,7H2,1-2H3;2*1H;/q2*-1;;;+4/p-2. The molecule has 3 rings (SSSR count). The number of hydrogen-bond donors (Lipinski definition) is 0. The maximum atomic E-state index is 2.31. The predicted octanol–water partition coefficient (Wildman–Crippen LogP) is -0.0125. The molecule has 0 bridgehead atoms. The Labute approximate surface area is 171 Å². The Bertz CT molecular complexity index is 668. The zero-order valence-electron chi connectivity index (χ0n) is 15.5. The Hall–Kier alpha value is -0.647. The third-order valence-corrected chi connectivity index (χ3v) is 5.36. The average Bonchev–Trinajstić information content (AvgIpc) is 3.11. The average molecular weight is 440 g/mol. The Morgan fingerprint density at radius 3 is 2.24 bits per heavy atom. The first-order chi connectivity index (χ1) is 10.6. The second kappa shape index (κ2) is 13.5. The van der Waals surface area contributed by atoms with E-state index in [0.717, 1.165) is 0 Å². The SMILES string of the molecule is CCCC[c-]1cccc1C.CP(C)c1cc2ccccc2[cH-]1.[F-].[F-].[Zr+4]. The van der Waals surface area contributed by atoms with Crippen molar-refractivity contribution in [2.75, 3.05) is 13.3 Å². The van der Waals surface area contributed by atoms with Gasteiger partial charge >= 0.3 is 26.2 Å². The van der Waals surface area contributed by atoms with E-state index in [-0.39, 0.29) is 43.5 Å². The van der Waals surface area contributed by atoms with E-state index in [0.29, 0.717) is 0 Å². The van der Waals surface area contributed by atoms with Gasteiger partial charge in [0.25, 0.3) is 0 Å². The molecule has 0 aliphatic carbocycles. The van der Waals surface area contributed by atoms with Crippen LogP contribution in [0.4, 0.5) is 0 Å². The molecular formula is C21H27F2PZr. The van der Waals surface area contributed by atoms with Crippen LogP contribution >= 0.6 is 7.92 Å². The zero-order valence-corrected chi connectivity index (χ0v) is 18.9. The first-order valence-electron chi connectivity index (χ1n) is 8.15. The molecule has 0 N–H and O–H groups in total. The smallest absolute Gasteiger partial charge is 1.00 e. The summed E-state index contributed by atoms with van der Waals surface area (Å²) in [6.07, 6.45) is 3.88. The molecule has 0 aliphatic heterocycles. The Balaban J connectivity index is 0.